The summed E-state index contributed by atoms with van der Waals surface area (Å²) in [6.07, 6.45) is 1.47. The second kappa shape index (κ2) is 10.9. The lowest BCUT2D eigenvalue weighted by Gasteiger charge is -2.20. The number of amides is 2. The number of urea groups is 1. The number of nitrogens with one attached hydrogen (secondary N) is 2. The predicted molar refractivity (Wildman–Crippen MR) is 123 cm³/mol. The Morgan fingerprint density at radius 3 is 2.48 bits per heavy atom. The Morgan fingerprint density at radius 2 is 1.79 bits per heavy atom. The van der Waals surface area contributed by atoms with E-state index in [9.17, 15) is 4.79 Å². The molecule has 2 amide bonds. The lowest BCUT2D eigenvalue weighted by Crippen LogP contribution is -2.35. The maximum absolute atomic E-state index is 12.8. The summed E-state index contributed by atoms with van der Waals surface area (Å²) >= 11 is 0. The molecule has 168 valence electrons. The Morgan fingerprint density at radius 1 is 1.03 bits per heavy atom. The van der Waals surface area contributed by atoms with Gasteiger partial charge in [-0.1, -0.05) is 60.7 Å². The standard InChI is InChI=1S/C24H24N6O3/c1-32-23-14-20(12-13-22(23)30-17-25-28-29-30)26-24(31)27-21(19-10-6-3-7-11-19)16-33-15-18-8-4-2-5-9-18/h2-14,17,21H,15-16H2,1H3,(H2,26,27,31). The molecule has 0 fully saturated rings. The van der Waals surface area contributed by atoms with Crippen LogP contribution in [0.25, 0.3) is 5.69 Å². The molecule has 0 aliphatic rings. The van der Waals surface area contributed by atoms with Crippen LogP contribution in [-0.2, 0) is 11.3 Å². The van der Waals surface area contributed by atoms with E-state index in [0.29, 0.717) is 30.3 Å². The first-order valence-electron chi connectivity index (χ1n) is 10.4. The van der Waals surface area contributed by atoms with E-state index in [4.69, 9.17) is 9.47 Å². The Balaban J connectivity index is 1.42. The van der Waals surface area contributed by atoms with Gasteiger partial charge in [-0.3, -0.25) is 0 Å². The number of hydrogen-bond acceptors (Lipinski definition) is 6. The largest absolute Gasteiger partial charge is 0.494 e. The minimum Gasteiger partial charge on any atom is -0.494 e. The second-order valence-corrected chi connectivity index (χ2v) is 7.20. The van der Waals surface area contributed by atoms with Crippen molar-refractivity contribution in [1.82, 2.24) is 25.5 Å². The second-order valence-electron chi connectivity index (χ2n) is 7.20. The maximum Gasteiger partial charge on any atom is 0.319 e. The number of anilines is 1. The van der Waals surface area contributed by atoms with Crippen LogP contribution in [0.3, 0.4) is 0 Å². The third-order valence-corrected chi connectivity index (χ3v) is 4.94. The molecule has 4 aromatic rings. The van der Waals surface area contributed by atoms with E-state index < -0.39 is 0 Å². The molecule has 0 spiro atoms. The molecule has 0 aliphatic carbocycles. The highest BCUT2D eigenvalue weighted by molar-refractivity contribution is 5.90. The summed E-state index contributed by atoms with van der Waals surface area (Å²) in [6, 6.07) is 24.2. The quantitative estimate of drug-likeness (QED) is 0.408. The van der Waals surface area contributed by atoms with Gasteiger partial charge in [0.25, 0.3) is 0 Å². The van der Waals surface area contributed by atoms with Gasteiger partial charge in [-0.2, -0.15) is 4.68 Å². The zero-order valence-corrected chi connectivity index (χ0v) is 18.1. The SMILES string of the molecule is COc1cc(NC(=O)NC(COCc2ccccc2)c2ccccc2)ccc1-n1cnnn1. The average molecular weight is 444 g/mol. The van der Waals surface area contributed by atoms with Crippen molar-refractivity contribution in [2.45, 2.75) is 12.6 Å². The lowest BCUT2D eigenvalue weighted by molar-refractivity contribution is 0.101. The van der Waals surface area contributed by atoms with E-state index in [1.807, 2.05) is 60.7 Å². The molecule has 1 unspecified atom stereocenters. The molecule has 0 saturated carbocycles. The summed E-state index contributed by atoms with van der Waals surface area (Å²) in [5.74, 6) is 0.519. The van der Waals surface area contributed by atoms with Crippen molar-refractivity contribution in [2.24, 2.45) is 0 Å². The molecule has 1 heterocycles. The Bertz CT molecular complexity index is 1150. The molecule has 0 bridgehead atoms. The number of rotatable bonds is 9. The molecular formula is C24H24N6O3. The molecule has 2 N–H and O–H groups in total. The maximum atomic E-state index is 12.8. The van der Waals surface area contributed by atoms with Crippen LogP contribution in [0.5, 0.6) is 5.75 Å². The normalized spacial score (nSPS) is 11.5. The molecule has 0 aliphatic heterocycles. The Labute approximate surface area is 191 Å². The molecule has 0 radical (unpaired) electrons. The van der Waals surface area contributed by atoms with Crippen molar-refractivity contribution in [3.8, 4) is 11.4 Å². The molecule has 9 nitrogen and oxygen atoms in total. The fourth-order valence-electron chi connectivity index (χ4n) is 3.32. The van der Waals surface area contributed by atoms with Gasteiger partial charge in [0.15, 0.2) is 0 Å². The van der Waals surface area contributed by atoms with Gasteiger partial charge in [-0.15, -0.1) is 5.10 Å². The van der Waals surface area contributed by atoms with Crippen LogP contribution in [0.2, 0.25) is 0 Å². The van der Waals surface area contributed by atoms with Crippen LogP contribution < -0.4 is 15.4 Å². The molecule has 0 saturated heterocycles. The fraction of sp³-hybridized carbons (Fsp3) is 0.167. The van der Waals surface area contributed by atoms with Crippen molar-refractivity contribution in [3.63, 3.8) is 0 Å². The molecular weight excluding hydrogens is 420 g/mol. The monoisotopic (exact) mass is 444 g/mol. The predicted octanol–water partition coefficient (Wildman–Crippen LogP) is 3.75. The van der Waals surface area contributed by atoms with E-state index in [1.54, 1.807) is 25.3 Å². The molecule has 9 heteroatoms. The Kier molecular flexibility index (Phi) is 7.24. The van der Waals surface area contributed by atoms with Gasteiger partial charge in [-0.25, -0.2) is 4.79 Å². The number of aromatic nitrogens is 4. The third-order valence-electron chi connectivity index (χ3n) is 4.94. The molecule has 1 atom stereocenters. The van der Waals surface area contributed by atoms with Gasteiger partial charge < -0.3 is 20.1 Å². The Hall–Kier alpha value is -4.24. The summed E-state index contributed by atoms with van der Waals surface area (Å²) in [5.41, 5.74) is 3.25. The van der Waals surface area contributed by atoms with E-state index in [-0.39, 0.29) is 12.1 Å². The van der Waals surface area contributed by atoms with Crippen molar-refractivity contribution in [3.05, 3.63) is 96.3 Å². The number of tetrazole rings is 1. The van der Waals surface area contributed by atoms with Gasteiger partial charge in [0.2, 0.25) is 0 Å². The topological polar surface area (TPSA) is 103 Å². The molecule has 33 heavy (non-hydrogen) atoms. The van der Waals surface area contributed by atoms with Crippen LogP contribution in [0.1, 0.15) is 17.2 Å². The summed E-state index contributed by atoms with van der Waals surface area (Å²) in [6.45, 7) is 0.789. The first-order valence-corrected chi connectivity index (χ1v) is 10.4. The van der Waals surface area contributed by atoms with E-state index in [2.05, 4.69) is 26.2 Å². The van der Waals surface area contributed by atoms with Gasteiger partial charge in [0.05, 0.1) is 26.4 Å². The lowest BCUT2D eigenvalue weighted by atomic mass is 10.1. The summed E-state index contributed by atoms with van der Waals surface area (Å²) < 4.78 is 12.8. The minimum atomic E-state index is -0.357. The minimum absolute atomic E-state index is 0.322. The van der Waals surface area contributed by atoms with Gasteiger partial charge in [-0.05, 0) is 33.7 Å². The highest BCUT2D eigenvalue weighted by Gasteiger charge is 2.16. The van der Waals surface area contributed by atoms with Gasteiger partial charge in [0.1, 0.15) is 17.8 Å². The summed E-state index contributed by atoms with van der Waals surface area (Å²) in [7, 11) is 1.54. The molecule has 1 aromatic heterocycles. The van der Waals surface area contributed by atoms with Gasteiger partial charge >= 0.3 is 6.03 Å². The highest BCUT2D eigenvalue weighted by Crippen LogP contribution is 2.26. The number of ether oxygens (including phenoxy) is 2. The number of carbonyl (C=O) groups excluding carboxylic acids is 1. The van der Waals surface area contributed by atoms with Crippen molar-refractivity contribution in [1.29, 1.82) is 0 Å². The zero-order valence-electron chi connectivity index (χ0n) is 18.1. The van der Waals surface area contributed by atoms with Crippen LogP contribution >= 0.6 is 0 Å². The zero-order chi connectivity index (χ0) is 22.9. The number of carbonyl (C=O) groups is 1. The highest BCUT2D eigenvalue weighted by atomic mass is 16.5. The van der Waals surface area contributed by atoms with Crippen molar-refractivity contribution in [2.75, 3.05) is 19.0 Å². The van der Waals surface area contributed by atoms with Crippen molar-refractivity contribution < 1.29 is 14.3 Å². The van der Waals surface area contributed by atoms with Crippen LogP contribution in [-0.4, -0.2) is 40.0 Å². The summed E-state index contributed by atoms with van der Waals surface area (Å²) in [5, 5.41) is 17.0. The smallest absolute Gasteiger partial charge is 0.319 e. The first-order chi connectivity index (χ1) is 16.2. The number of benzene rings is 3. The third kappa shape index (κ3) is 5.92. The molecule has 3 aromatic carbocycles. The van der Waals surface area contributed by atoms with E-state index >= 15 is 0 Å². The summed E-state index contributed by atoms with van der Waals surface area (Å²) in [4.78, 5) is 12.8. The average Bonchev–Trinajstić information content (AvgIpc) is 3.39. The van der Waals surface area contributed by atoms with E-state index in [1.165, 1.54) is 11.0 Å². The van der Waals surface area contributed by atoms with Crippen LogP contribution in [0.15, 0.2) is 85.2 Å². The van der Waals surface area contributed by atoms with Crippen LogP contribution in [0, 0.1) is 0 Å². The number of methoxy groups -OCH3 is 1. The van der Waals surface area contributed by atoms with Crippen LogP contribution in [0.4, 0.5) is 10.5 Å². The van der Waals surface area contributed by atoms with Crippen molar-refractivity contribution >= 4 is 11.7 Å². The number of hydrogen-bond donors (Lipinski definition) is 2. The molecule has 4 rings (SSSR count). The first kappa shape index (κ1) is 22.0. The number of nitrogens with zero attached hydrogens (tertiary/aromatic N) is 4. The fourth-order valence-corrected chi connectivity index (χ4v) is 3.32. The van der Waals surface area contributed by atoms with Gasteiger partial charge in [0, 0.05) is 11.8 Å². The van der Waals surface area contributed by atoms with E-state index in [0.717, 1.165) is 11.1 Å².